The van der Waals surface area contributed by atoms with Gasteiger partial charge in [0.2, 0.25) is 0 Å². The maximum Gasteiger partial charge on any atom is 0.196 e. The van der Waals surface area contributed by atoms with Crippen LogP contribution in [0.4, 0.5) is 0 Å². The zero-order valence-electron chi connectivity index (χ0n) is 11.7. The topological polar surface area (TPSA) is 63.3 Å². The molecular formula is C18H13NO3. The molecule has 1 aromatic carbocycles. The lowest BCUT2D eigenvalue weighted by Crippen LogP contribution is -2.08. The van der Waals surface area contributed by atoms with E-state index in [-0.39, 0.29) is 11.2 Å². The molecule has 1 N–H and O–H groups in total. The molecule has 0 aliphatic heterocycles. The van der Waals surface area contributed by atoms with Gasteiger partial charge in [-0.3, -0.25) is 9.78 Å². The van der Waals surface area contributed by atoms with E-state index in [1.165, 1.54) is 12.1 Å². The summed E-state index contributed by atoms with van der Waals surface area (Å²) in [6, 6.07) is 10.3. The Labute approximate surface area is 126 Å². The zero-order chi connectivity index (χ0) is 15.1. The van der Waals surface area contributed by atoms with Gasteiger partial charge in [-0.25, -0.2) is 0 Å². The highest BCUT2D eigenvalue weighted by molar-refractivity contribution is 5.86. The second kappa shape index (κ2) is 4.84. The van der Waals surface area contributed by atoms with E-state index < -0.39 is 0 Å². The van der Waals surface area contributed by atoms with Crippen molar-refractivity contribution in [3.8, 4) is 5.75 Å². The zero-order valence-corrected chi connectivity index (χ0v) is 11.7. The average Bonchev–Trinajstić information content (AvgIpc) is 2.93. The molecular weight excluding hydrogens is 278 g/mol. The van der Waals surface area contributed by atoms with Crippen LogP contribution >= 0.6 is 0 Å². The van der Waals surface area contributed by atoms with E-state index in [1.807, 2.05) is 24.3 Å². The molecule has 0 saturated heterocycles. The Morgan fingerprint density at radius 3 is 2.91 bits per heavy atom. The first-order valence-electron chi connectivity index (χ1n) is 7.13. The molecule has 1 aliphatic carbocycles. The van der Waals surface area contributed by atoms with Gasteiger partial charge in [-0.05, 0) is 54.8 Å². The Morgan fingerprint density at radius 2 is 2.09 bits per heavy atom. The lowest BCUT2D eigenvalue weighted by molar-refractivity contribution is 0.475. The van der Waals surface area contributed by atoms with Crippen molar-refractivity contribution in [2.75, 3.05) is 0 Å². The third-order valence-electron chi connectivity index (χ3n) is 3.91. The Bertz CT molecular complexity index is 955. The van der Waals surface area contributed by atoms with Crippen molar-refractivity contribution in [1.82, 2.24) is 4.98 Å². The summed E-state index contributed by atoms with van der Waals surface area (Å²) in [5.41, 5.74) is 2.95. The fourth-order valence-electron chi connectivity index (χ4n) is 2.86. The number of hydrogen-bond acceptors (Lipinski definition) is 4. The van der Waals surface area contributed by atoms with Gasteiger partial charge in [0.05, 0.1) is 11.1 Å². The SMILES string of the molecule is O=c1c2c(oc3ccc(O)cc13)C(=Cc1ccccn1)CC2. The summed E-state index contributed by atoms with van der Waals surface area (Å²) < 4.78 is 5.92. The molecule has 2 aromatic heterocycles. The molecule has 0 saturated carbocycles. The summed E-state index contributed by atoms with van der Waals surface area (Å²) in [5, 5.41) is 9.98. The monoisotopic (exact) mass is 291 g/mol. The summed E-state index contributed by atoms with van der Waals surface area (Å²) >= 11 is 0. The normalized spacial score (nSPS) is 15.4. The summed E-state index contributed by atoms with van der Waals surface area (Å²) in [4.78, 5) is 16.8. The minimum atomic E-state index is -0.0587. The molecule has 0 spiro atoms. The van der Waals surface area contributed by atoms with E-state index in [2.05, 4.69) is 4.98 Å². The van der Waals surface area contributed by atoms with Crippen LogP contribution in [0.1, 0.15) is 23.4 Å². The van der Waals surface area contributed by atoms with E-state index in [9.17, 15) is 9.90 Å². The number of nitrogens with zero attached hydrogens (tertiary/aromatic N) is 1. The Balaban J connectivity index is 1.92. The van der Waals surface area contributed by atoms with Gasteiger partial charge in [0.1, 0.15) is 17.1 Å². The number of rotatable bonds is 1. The van der Waals surface area contributed by atoms with Gasteiger partial charge in [-0.1, -0.05) is 6.07 Å². The van der Waals surface area contributed by atoms with Crippen LogP contribution in [-0.2, 0) is 6.42 Å². The first kappa shape index (κ1) is 12.8. The van der Waals surface area contributed by atoms with Crippen LogP contribution in [0.3, 0.4) is 0 Å². The van der Waals surface area contributed by atoms with Gasteiger partial charge in [0.25, 0.3) is 0 Å². The highest BCUT2D eigenvalue weighted by Crippen LogP contribution is 2.34. The minimum Gasteiger partial charge on any atom is -0.508 e. The number of aromatic nitrogens is 1. The van der Waals surface area contributed by atoms with Gasteiger partial charge < -0.3 is 9.52 Å². The van der Waals surface area contributed by atoms with Crippen LogP contribution in [-0.4, -0.2) is 10.1 Å². The lowest BCUT2D eigenvalue weighted by atomic mass is 10.1. The number of phenolic OH excluding ortho intramolecular Hbond substituents is 1. The molecule has 0 fully saturated rings. The summed E-state index contributed by atoms with van der Waals surface area (Å²) in [7, 11) is 0. The predicted molar refractivity (Wildman–Crippen MR) is 84.6 cm³/mol. The van der Waals surface area contributed by atoms with Gasteiger partial charge >= 0.3 is 0 Å². The van der Waals surface area contributed by atoms with E-state index in [0.717, 1.165) is 17.7 Å². The van der Waals surface area contributed by atoms with Crippen molar-refractivity contribution in [3.05, 3.63) is 69.8 Å². The van der Waals surface area contributed by atoms with Crippen LogP contribution in [0, 0.1) is 0 Å². The second-order valence-electron chi connectivity index (χ2n) is 5.34. The van der Waals surface area contributed by atoms with Crippen molar-refractivity contribution in [3.63, 3.8) is 0 Å². The van der Waals surface area contributed by atoms with Crippen molar-refractivity contribution >= 4 is 22.6 Å². The van der Waals surface area contributed by atoms with Crippen LogP contribution in [0.5, 0.6) is 5.75 Å². The van der Waals surface area contributed by atoms with Crippen LogP contribution in [0.2, 0.25) is 0 Å². The molecule has 2 heterocycles. The van der Waals surface area contributed by atoms with E-state index in [4.69, 9.17) is 4.42 Å². The quantitative estimate of drug-likeness (QED) is 0.746. The predicted octanol–water partition coefficient (Wildman–Crippen LogP) is 3.38. The fourth-order valence-corrected chi connectivity index (χ4v) is 2.86. The second-order valence-corrected chi connectivity index (χ2v) is 5.34. The minimum absolute atomic E-state index is 0.0587. The fraction of sp³-hybridized carbons (Fsp3) is 0.111. The standard InChI is InChI=1S/C18H13NO3/c20-13-5-7-16-15(10-13)17(21)14-6-4-11(18(14)22-16)9-12-3-1-2-8-19-12/h1-3,5,7-10,20H,4,6H2. The average molecular weight is 291 g/mol. The van der Waals surface area contributed by atoms with Crippen molar-refractivity contribution in [1.29, 1.82) is 0 Å². The van der Waals surface area contributed by atoms with Crippen LogP contribution in [0.25, 0.3) is 22.6 Å². The summed E-state index contributed by atoms with van der Waals surface area (Å²) in [6.45, 7) is 0. The number of benzene rings is 1. The molecule has 22 heavy (non-hydrogen) atoms. The van der Waals surface area contributed by atoms with Crippen molar-refractivity contribution in [2.45, 2.75) is 12.8 Å². The maximum absolute atomic E-state index is 12.6. The number of pyridine rings is 1. The van der Waals surface area contributed by atoms with Gasteiger partial charge in [-0.2, -0.15) is 0 Å². The Kier molecular flexibility index (Phi) is 2.82. The molecule has 0 amide bonds. The van der Waals surface area contributed by atoms with Crippen LogP contribution in [0.15, 0.2) is 51.8 Å². The maximum atomic E-state index is 12.6. The van der Waals surface area contributed by atoms with Gasteiger partial charge in [-0.15, -0.1) is 0 Å². The smallest absolute Gasteiger partial charge is 0.196 e. The molecule has 0 unspecified atom stereocenters. The first-order valence-corrected chi connectivity index (χ1v) is 7.13. The van der Waals surface area contributed by atoms with Gasteiger partial charge in [0.15, 0.2) is 5.43 Å². The number of aromatic hydroxyl groups is 1. The highest BCUT2D eigenvalue weighted by atomic mass is 16.3. The number of hydrogen-bond donors (Lipinski definition) is 1. The molecule has 0 radical (unpaired) electrons. The number of fused-ring (bicyclic) bond motifs is 2. The molecule has 0 atom stereocenters. The van der Waals surface area contributed by atoms with Crippen LogP contribution < -0.4 is 5.43 Å². The third kappa shape index (κ3) is 2.00. The molecule has 4 rings (SSSR count). The third-order valence-corrected chi connectivity index (χ3v) is 3.91. The van der Waals surface area contributed by atoms with Gasteiger partial charge in [0, 0.05) is 11.8 Å². The summed E-state index contributed by atoms with van der Waals surface area (Å²) in [6.07, 6.45) is 5.11. The summed E-state index contributed by atoms with van der Waals surface area (Å²) in [5.74, 6) is 0.718. The molecule has 0 bridgehead atoms. The van der Waals surface area contributed by atoms with E-state index in [0.29, 0.717) is 28.7 Å². The Morgan fingerprint density at radius 1 is 1.18 bits per heavy atom. The van der Waals surface area contributed by atoms with E-state index in [1.54, 1.807) is 12.3 Å². The first-order chi connectivity index (χ1) is 10.7. The molecule has 108 valence electrons. The molecule has 1 aliphatic rings. The van der Waals surface area contributed by atoms with Crippen molar-refractivity contribution < 1.29 is 9.52 Å². The molecule has 3 aromatic rings. The van der Waals surface area contributed by atoms with Crippen molar-refractivity contribution in [2.24, 2.45) is 0 Å². The van der Waals surface area contributed by atoms with E-state index >= 15 is 0 Å². The largest absolute Gasteiger partial charge is 0.508 e. The lowest BCUT2D eigenvalue weighted by Gasteiger charge is -2.04. The highest BCUT2D eigenvalue weighted by Gasteiger charge is 2.24. The molecule has 4 heteroatoms. The Hall–Kier alpha value is -2.88. The number of phenols is 1. The molecule has 4 nitrogen and oxygen atoms in total. The number of allylic oxidation sites excluding steroid dienone is 1.